The summed E-state index contributed by atoms with van der Waals surface area (Å²) in [7, 11) is 0. The van der Waals surface area contributed by atoms with Gasteiger partial charge in [-0.05, 0) is 46.6 Å². The predicted molar refractivity (Wildman–Crippen MR) is 76.8 cm³/mol. The molecule has 0 aliphatic carbocycles. The van der Waals surface area contributed by atoms with E-state index in [1.165, 1.54) is 0 Å². The quantitative estimate of drug-likeness (QED) is 0.918. The van der Waals surface area contributed by atoms with Crippen LogP contribution in [0.2, 0.25) is 5.02 Å². The molecule has 0 amide bonds. The first-order chi connectivity index (χ1) is 8.56. The molecule has 0 spiro atoms. The Hall–Kier alpha value is -1.26. The van der Waals surface area contributed by atoms with Crippen molar-refractivity contribution in [2.75, 3.05) is 5.73 Å². The van der Waals surface area contributed by atoms with Gasteiger partial charge in [0.1, 0.15) is 6.10 Å². The first kappa shape index (κ1) is 13.2. The van der Waals surface area contributed by atoms with Crippen LogP contribution in [0.5, 0.6) is 5.75 Å². The van der Waals surface area contributed by atoms with Crippen LogP contribution in [0.25, 0.3) is 0 Å². The number of benzene rings is 1. The Balaban J connectivity index is 2.21. The van der Waals surface area contributed by atoms with Crippen LogP contribution in [0.15, 0.2) is 41.0 Å². The van der Waals surface area contributed by atoms with Crippen LogP contribution in [0.1, 0.15) is 18.6 Å². The summed E-state index contributed by atoms with van der Waals surface area (Å²) in [5, 5.41) is 0.684. The number of aromatic nitrogens is 1. The van der Waals surface area contributed by atoms with Crippen LogP contribution in [-0.4, -0.2) is 4.98 Å². The average molecular weight is 328 g/mol. The molecule has 0 saturated carbocycles. The molecule has 94 valence electrons. The molecule has 3 nitrogen and oxygen atoms in total. The summed E-state index contributed by atoms with van der Waals surface area (Å²) < 4.78 is 6.61. The topological polar surface area (TPSA) is 48.1 Å². The summed E-state index contributed by atoms with van der Waals surface area (Å²) in [6.45, 7) is 1.94. The highest BCUT2D eigenvalue weighted by atomic mass is 79.9. The van der Waals surface area contributed by atoms with E-state index in [0.717, 1.165) is 10.0 Å². The van der Waals surface area contributed by atoms with Gasteiger partial charge in [0.05, 0.1) is 0 Å². The van der Waals surface area contributed by atoms with Gasteiger partial charge in [-0.15, -0.1) is 0 Å². The Kier molecular flexibility index (Phi) is 4.09. The third kappa shape index (κ3) is 3.15. The third-order valence-corrected chi connectivity index (χ3v) is 3.14. The number of nitrogens with two attached hydrogens (primary N) is 1. The predicted octanol–water partition coefficient (Wildman–Crippen LogP) is 4.22. The maximum atomic E-state index is 5.95. The lowest BCUT2D eigenvalue weighted by atomic mass is 10.1. The van der Waals surface area contributed by atoms with Crippen molar-refractivity contribution in [1.82, 2.24) is 4.98 Å². The fourth-order valence-corrected chi connectivity index (χ4v) is 2.05. The van der Waals surface area contributed by atoms with Crippen molar-refractivity contribution in [3.05, 3.63) is 51.6 Å². The Morgan fingerprint density at radius 1 is 1.39 bits per heavy atom. The smallest absolute Gasteiger partial charge is 0.166 e. The lowest BCUT2D eigenvalue weighted by Gasteiger charge is -2.16. The van der Waals surface area contributed by atoms with Gasteiger partial charge in [-0.3, -0.25) is 0 Å². The molecule has 2 aromatic rings. The van der Waals surface area contributed by atoms with Gasteiger partial charge in [0, 0.05) is 15.7 Å². The van der Waals surface area contributed by atoms with E-state index < -0.39 is 0 Å². The molecule has 1 aromatic carbocycles. The highest BCUT2D eigenvalue weighted by Crippen LogP contribution is 2.29. The highest BCUT2D eigenvalue weighted by Gasteiger charge is 2.10. The monoisotopic (exact) mass is 326 g/mol. The van der Waals surface area contributed by atoms with Crippen molar-refractivity contribution in [3.63, 3.8) is 0 Å². The van der Waals surface area contributed by atoms with Crippen LogP contribution < -0.4 is 10.5 Å². The molecule has 0 bridgehead atoms. The van der Waals surface area contributed by atoms with Crippen molar-refractivity contribution >= 4 is 33.3 Å². The molecule has 0 aliphatic heterocycles. The summed E-state index contributed by atoms with van der Waals surface area (Å²) in [6, 6.07) is 9.34. The second kappa shape index (κ2) is 5.59. The first-order valence-electron chi connectivity index (χ1n) is 5.39. The van der Waals surface area contributed by atoms with Crippen molar-refractivity contribution in [2.45, 2.75) is 13.0 Å². The molecule has 18 heavy (non-hydrogen) atoms. The van der Waals surface area contributed by atoms with Gasteiger partial charge < -0.3 is 10.5 Å². The van der Waals surface area contributed by atoms with Gasteiger partial charge in [-0.1, -0.05) is 23.7 Å². The Bertz CT molecular complexity index is 562. The number of halogens is 2. The number of pyridine rings is 1. The fraction of sp³-hybridized carbons (Fsp3) is 0.154. The van der Waals surface area contributed by atoms with E-state index in [9.17, 15) is 0 Å². The summed E-state index contributed by atoms with van der Waals surface area (Å²) in [4.78, 5) is 4.02. The molecular weight excluding hydrogens is 316 g/mol. The first-order valence-corrected chi connectivity index (χ1v) is 6.56. The molecule has 0 radical (unpaired) electrons. The van der Waals surface area contributed by atoms with Crippen LogP contribution >= 0.6 is 27.5 Å². The zero-order chi connectivity index (χ0) is 13.1. The molecule has 1 aromatic heterocycles. The van der Waals surface area contributed by atoms with Gasteiger partial charge in [0.15, 0.2) is 11.6 Å². The Morgan fingerprint density at radius 3 is 2.89 bits per heavy atom. The minimum absolute atomic E-state index is 0.151. The second-order valence-electron chi connectivity index (χ2n) is 3.85. The number of nitrogen functional groups attached to an aromatic ring is 1. The maximum absolute atomic E-state index is 5.95. The van der Waals surface area contributed by atoms with Crippen molar-refractivity contribution in [3.8, 4) is 5.75 Å². The van der Waals surface area contributed by atoms with E-state index in [1.807, 2.05) is 31.2 Å². The van der Waals surface area contributed by atoms with E-state index in [-0.39, 0.29) is 6.10 Å². The minimum Gasteiger partial charge on any atom is -0.482 e. The van der Waals surface area contributed by atoms with E-state index >= 15 is 0 Å². The molecule has 0 fully saturated rings. The highest BCUT2D eigenvalue weighted by molar-refractivity contribution is 9.10. The van der Waals surface area contributed by atoms with E-state index in [2.05, 4.69) is 20.9 Å². The van der Waals surface area contributed by atoms with Gasteiger partial charge in [0.2, 0.25) is 0 Å². The summed E-state index contributed by atoms with van der Waals surface area (Å²) >= 11 is 9.28. The third-order valence-electron chi connectivity index (χ3n) is 2.47. The van der Waals surface area contributed by atoms with Crippen LogP contribution in [0.4, 0.5) is 5.82 Å². The van der Waals surface area contributed by atoms with E-state index in [4.69, 9.17) is 22.1 Å². The number of rotatable bonds is 3. The van der Waals surface area contributed by atoms with Crippen molar-refractivity contribution in [2.24, 2.45) is 0 Å². The largest absolute Gasteiger partial charge is 0.482 e. The molecule has 0 aliphatic rings. The van der Waals surface area contributed by atoms with Crippen LogP contribution in [-0.2, 0) is 0 Å². The SMILES string of the molecule is CC(Oc1cc(Br)cnc1N)c1cccc(Cl)c1. The van der Waals surface area contributed by atoms with Gasteiger partial charge in [-0.2, -0.15) is 0 Å². The number of anilines is 1. The van der Waals surface area contributed by atoms with E-state index in [1.54, 1.807) is 12.3 Å². The molecule has 0 saturated heterocycles. The average Bonchev–Trinajstić information content (AvgIpc) is 2.34. The molecule has 1 atom stereocenters. The summed E-state index contributed by atoms with van der Waals surface area (Å²) in [6.07, 6.45) is 1.48. The summed E-state index contributed by atoms with van der Waals surface area (Å²) in [5.41, 5.74) is 6.75. The normalized spacial score (nSPS) is 12.2. The van der Waals surface area contributed by atoms with Crippen LogP contribution in [0.3, 0.4) is 0 Å². The number of hydrogen-bond donors (Lipinski definition) is 1. The zero-order valence-electron chi connectivity index (χ0n) is 9.73. The number of hydrogen-bond acceptors (Lipinski definition) is 3. The molecule has 5 heteroatoms. The molecule has 2 N–H and O–H groups in total. The van der Waals surface area contributed by atoms with Gasteiger partial charge >= 0.3 is 0 Å². The van der Waals surface area contributed by atoms with Crippen molar-refractivity contribution in [1.29, 1.82) is 0 Å². The molecule has 2 rings (SSSR count). The second-order valence-corrected chi connectivity index (χ2v) is 5.20. The lowest BCUT2D eigenvalue weighted by Crippen LogP contribution is -2.05. The number of nitrogens with zero attached hydrogens (tertiary/aromatic N) is 1. The van der Waals surface area contributed by atoms with Gasteiger partial charge in [0.25, 0.3) is 0 Å². The fourth-order valence-electron chi connectivity index (χ4n) is 1.54. The number of ether oxygens (including phenoxy) is 1. The van der Waals surface area contributed by atoms with Crippen molar-refractivity contribution < 1.29 is 4.74 Å². The summed E-state index contributed by atoms with van der Waals surface area (Å²) in [5.74, 6) is 0.920. The molecular formula is C13H12BrClN2O. The van der Waals surface area contributed by atoms with Crippen LogP contribution in [0, 0.1) is 0 Å². The maximum Gasteiger partial charge on any atom is 0.166 e. The molecule has 1 unspecified atom stereocenters. The standard InChI is InChI=1S/C13H12BrClN2O/c1-8(9-3-2-4-11(15)5-9)18-12-6-10(14)7-17-13(12)16/h2-8H,1H3,(H2,16,17). The molecule has 1 heterocycles. The zero-order valence-corrected chi connectivity index (χ0v) is 12.1. The Labute approximate surface area is 119 Å². The van der Waals surface area contributed by atoms with E-state index in [0.29, 0.717) is 16.6 Å². The van der Waals surface area contributed by atoms with Gasteiger partial charge in [-0.25, -0.2) is 4.98 Å². The minimum atomic E-state index is -0.151. The lowest BCUT2D eigenvalue weighted by molar-refractivity contribution is 0.227. The Morgan fingerprint density at radius 2 is 2.17 bits per heavy atom.